The third kappa shape index (κ3) is 3.17. The topological polar surface area (TPSA) is 30.0 Å². The molecule has 18 heavy (non-hydrogen) atoms. The van der Waals surface area contributed by atoms with Crippen LogP contribution in [0.5, 0.6) is 0 Å². The molecular formula is C13H9BrFNOS. The first kappa shape index (κ1) is 13.2. The molecule has 5 heteroatoms. The molecule has 1 aromatic heterocycles. The SMILES string of the molecule is CC(=O)c1cc(F)ccc1Sc1ccc(Br)cn1. The molecule has 2 aromatic rings. The first-order valence-electron chi connectivity index (χ1n) is 5.16. The Morgan fingerprint density at radius 2 is 2.11 bits per heavy atom. The molecule has 0 unspecified atom stereocenters. The molecular weight excluding hydrogens is 317 g/mol. The number of pyridine rings is 1. The summed E-state index contributed by atoms with van der Waals surface area (Å²) in [4.78, 5) is 16.4. The lowest BCUT2D eigenvalue weighted by Gasteiger charge is -2.06. The van der Waals surface area contributed by atoms with Crippen molar-refractivity contribution in [1.82, 2.24) is 4.98 Å². The van der Waals surface area contributed by atoms with Crippen molar-refractivity contribution in [3.05, 3.63) is 52.4 Å². The highest BCUT2D eigenvalue weighted by atomic mass is 79.9. The Hall–Kier alpha value is -1.20. The smallest absolute Gasteiger partial charge is 0.161 e. The second-order valence-corrected chi connectivity index (χ2v) is 5.59. The molecule has 0 saturated carbocycles. The number of halogens is 2. The second-order valence-electron chi connectivity index (χ2n) is 3.61. The zero-order valence-electron chi connectivity index (χ0n) is 9.48. The quantitative estimate of drug-likeness (QED) is 0.786. The van der Waals surface area contributed by atoms with Crippen LogP contribution in [-0.4, -0.2) is 10.8 Å². The number of nitrogens with zero attached hydrogens (tertiary/aromatic N) is 1. The molecule has 0 spiro atoms. The number of carbonyl (C=O) groups excluding carboxylic acids is 1. The number of hydrogen-bond acceptors (Lipinski definition) is 3. The van der Waals surface area contributed by atoms with Crippen molar-refractivity contribution in [3.8, 4) is 0 Å². The fourth-order valence-electron chi connectivity index (χ4n) is 1.40. The Kier molecular flexibility index (Phi) is 4.14. The highest BCUT2D eigenvalue weighted by molar-refractivity contribution is 9.10. The number of rotatable bonds is 3. The fraction of sp³-hybridized carbons (Fsp3) is 0.0769. The zero-order valence-corrected chi connectivity index (χ0v) is 11.9. The van der Waals surface area contributed by atoms with E-state index in [1.54, 1.807) is 12.3 Å². The van der Waals surface area contributed by atoms with Gasteiger partial charge in [0.25, 0.3) is 0 Å². The summed E-state index contributed by atoms with van der Waals surface area (Å²) in [5.41, 5.74) is 0.379. The van der Waals surface area contributed by atoms with Gasteiger partial charge >= 0.3 is 0 Å². The third-order valence-corrected chi connectivity index (χ3v) is 3.73. The largest absolute Gasteiger partial charge is 0.294 e. The number of Topliss-reactive ketones (excluding diaryl/α,β-unsaturated/α-hetero) is 1. The molecule has 0 aliphatic heterocycles. The van der Waals surface area contributed by atoms with Crippen molar-refractivity contribution < 1.29 is 9.18 Å². The van der Waals surface area contributed by atoms with Gasteiger partial charge in [0.05, 0.1) is 0 Å². The zero-order chi connectivity index (χ0) is 13.1. The van der Waals surface area contributed by atoms with E-state index in [0.29, 0.717) is 10.5 Å². The highest BCUT2D eigenvalue weighted by Gasteiger charge is 2.10. The van der Waals surface area contributed by atoms with Crippen molar-refractivity contribution >= 4 is 33.5 Å². The number of hydrogen-bond donors (Lipinski definition) is 0. The van der Waals surface area contributed by atoms with Gasteiger partial charge in [-0.05, 0) is 53.2 Å². The molecule has 0 atom stereocenters. The van der Waals surface area contributed by atoms with Crippen molar-refractivity contribution in [2.24, 2.45) is 0 Å². The fourth-order valence-corrected chi connectivity index (χ4v) is 2.55. The van der Waals surface area contributed by atoms with E-state index in [9.17, 15) is 9.18 Å². The van der Waals surface area contributed by atoms with Crippen LogP contribution >= 0.6 is 27.7 Å². The molecule has 0 amide bonds. The maximum atomic E-state index is 13.1. The average molecular weight is 326 g/mol. The van der Waals surface area contributed by atoms with Gasteiger partial charge in [-0.25, -0.2) is 9.37 Å². The van der Waals surface area contributed by atoms with Crippen LogP contribution in [-0.2, 0) is 0 Å². The first-order chi connectivity index (χ1) is 8.56. The summed E-state index contributed by atoms with van der Waals surface area (Å²) in [5, 5.41) is 0.757. The maximum Gasteiger partial charge on any atom is 0.161 e. The van der Waals surface area contributed by atoms with E-state index in [4.69, 9.17) is 0 Å². The predicted octanol–water partition coefficient (Wildman–Crippen LogP) is 4.34. The normalized spacial score (nSPS) is 10.4. The molecule has 0 bridgehead atoms. The molecule has 0 N–H and O–H groups in total. The van der Waals surface area contributed by atoms with Crippen LogP contribution in [0, 0.1) is 5.82 Å². The van der Waals surface area contributed by atoms with E-state index >= 15 is 0 Å². The van der Waals surface area contributed by atoms with E-state index in [-0.39, 0.29) is 5.78 Å². The van der Waals surface area contributed by atoms with Gasteiger partial charge in [0, 0.05) is 21.1 Å². The lowest BCUT2D eigenvalue weighted by molar-refractivity contribution is 0.101. The number of aromatic nitrogens is 1. The Morgan fingerprint density at radius 3 is 2.72 bits per heavy atom. The average Bonchev–Trinajstić information content (AvgIpc) is 2.34. The van der Waals surface area contributed by atoms with Crippen molar-refractivity contribution in [2.75, 3.05) is 0 Å². The Balaban J connectivity index is 2.34. The molecule has 0 saturated heterocycles. The van der Waals surface area contributed by atoms with E-state index in [1.807, 2.05) is 12.1 Å². The molecule has 0 aliphatic rings. The monoisotopic (exact) mass is 325 g/mol. The Morgan fingerprint density at radius 1 is 1.33 bits per heavy atom. The van der Waals surface area contributed by atoms with Gasteiger partial charge in [-0.1, -0.05) is 11.8 Å². The summed E-state index contributed by atoms with van der Waals surface area (Å²) in [6.45, 7) is 1.42. The second kappa shape index (κ2) is 5.63. The predicted molar refractivity (Wildman–Crippen MR) is 72.5 cm³/mol. The molecule has 0 fully saturated rings. The summed E-state index contributed by atoms with van der Waals surface area (Å²) in [6.07, 6.45) is 1.68. The first-order valence-corrected chi connectivity index (χ1v) is 6.77. The third-order valence-electron chi connectivity index (χ3n) is 2.24. The Bertz CT molecular complexity index is 586. The van der Waals surface area contributed by atoms with Crippen LogP contribution < -0.4 is 0 Å². The van der Waals surface area contributed by atoms with Crippen LogP contribution in [0.3, 0.4) is 0 Å². The van der Waals surface area contributed by atoms with Crippen molar-refractivity contribution in [1.29, 1.82) is 0 Å². The highest BCUT2D eigenvalue weighted by Crippen LogP contribution is 2.30. The molecule has 1 heterocycles. The summed E-state index contributed by atoms with van der Waals surface area (Å²) in [5.74, 6) is -0.567. The van der Waals surface area contributed by atoms with Crippen molar-refractivity contribution in [2.45, 2.75) is 16.8 Å². The molecule has 0 aliphatic carbocycles. The molecule has 92 valence electrons. The maximum absolute atomic E-state index is 13.1. The minimum Gasteiger partial charge on any atom is -0.294 e. The van der Waals surface area contributed by atoms with Gasteiger partial charge < -0.3 is 0 Å². The minimum absolute atomic E-state index is 0.158. The van der Waals surface area contributed by atoms with Gasteiger partial charge in [0.15, 0.2) is 5.78 Å². The molecule has 2 rings (SSSR count). The summed E-state index contributed by atoms with van der Waals surface area (Å²) < 4.78 is 14.0. The molecule has 1 aromatic carbocycles. The van der Waals surface area contributed by atoms with Gasteiger partial charge in [0.2, 0.25) is 0 Å². The van der Waals surface area contributed by atoms with Crippen molar-refractivity contribution in [3.63, 3.8) is 0 Å². The van der Waals surface area contributed by atoms with Crippen LogP contribution in [0.4, 0.5) is 4.39 Å². The molecule has 0 radical (unpaired) electrons. The van der Waals surface area contributed by atoms with E-state index in [2.05, 4.69) is 20.9 Å². The molecule has 2 nitrogen and oxygen atoms in total. The lowest BCUT2D eigenvalue weighted by atomic mass is 10.1. The van der Waals surface area contributed by atoms with Gasteiger partial charge in [-0.15, -0.1) is 0 Å². The lowest BCUT2D eigenvalue weighted by Crippen LogP contribution is -1.96. The Labute approximate surface area is 117 Å². The van der Waals surface area contributed by atoms with E-state index in [0.717, 1.165) is 9.50 Å². The number of ketones is 1. The summed E-state index contributed by atoms with van der Waals surface area (Å²) in [6, 6.07) is 7.89. The van der Waals surface area contributed by atoms with Crippen LogP contribution in [0.15, 0.2) is 50.9 Å². The summed E-state index contributed by atoms with van der Waals surface area (Å²) in [7, 11) is 0. The van der Waals surface area contributed by atoms with E-state index < -0.39 is 5.82 Å². The number of carbonyl (C=O) groups is 1. The van der Waals surface area contributed by atoms with Crippen LogP contribution in [0.2, 0.25) is 0 Å². The van der Waals surface area contributed by atoms with Crippen LogP contribution in [0.1, 0.15) is 17.3 Å². The summed E-state index contributed by atoms with van der Waals surface area (Å²) >= 11 is 4.64. The number of benzene rings is 1. The van der Waals surface area contributed by atoms with E-state index in [1.165, 1.54) is 30.8 Å². The van der Waals surface area contributed by atoms with Gasteiger partial charge in [-0.2, -0.15) is 0 Å². The van der Waals surface area contributed by atoms with Gasteiger partial charge in [-0.3, -0.25) is 4.79 Å². The minimum atomic E-state index is -0.409. The van der Waals surface area contributed by atoms with Gasteiger partial charge in [0.1, 0.15) is 10.8 Å². The standard InChI is InChI=1S/C13H9BrFNOS/c1-8(17)11-6-10(15)3-4-12(11)18-13-5-2-9(14)7-16-13/h2-7H,1H3. The van der Waals surface area contributed by atoms with Crippen LogP contribution in [0.25, 0.3) is 0 Å².